The molecule has 0 fully saturated rings. The van der Waals surface area contributed by atoms with E-state index in [-0.39, 0.29) is 46.0 Å². The third-order valence-corrected chi connectivity index (χ3v) is 9.28. The summed E-state index contributed by atoms with van der Waals surface area (Å²) in [5.74, 6) is -0.819. The number of carbonyl (C=O) groups excluding carboxylic acids is 1. The molecule has 212 valence electrons. The van der Waals surface area contributed by atoms with Crippen LogP contribution in [0.2, 0.25) is 0 Å². The van der Waals surface area contributed by atoms with Gasteiger partial charge in [0.1, 0.15) is 0 Å². The Morgan fingerprint density at radius 1 is 1.15 bits per heavy atom. The first-order chi connectivity index (χ1) is 19.7. The number of rotatable bonds is 7. The number of nitrogens with one attached hydrogen (secondary N) is 1. The van der Waals surface area contributed by atoms with Crippen molar-refractivity contribution in [3.63, 3.8) is 0 Å². The number of hydrogen-bond donors (Lipinski definition) is 2. The molecule has 1 aromatic heterocycles. The number of aliphatic imine (C=N–C) groups is 2. The van der Waals surface area contributed by atoms with Crippen LogP contribution in [0, 0.1) is 0 Å². The van der Waals surface area contributed by atoms with Gasteiger partial charge in [-0.1, -0.05) is 0 Å². The van der Waals surface area contributed by atoms with Gasteiger partial charge in [0, 0.05) is 0 Å². The van der Waals surface area contributed by atoms with Gasteiger partial charge < -0.3 is 0 Å². The molecule has 41 heavy (non-hydrogen) atoms. The molecule has 5 rings (SSSR count). The SMILES string of the molecule is O=C(NI(COCc1ccccc1)C(=O)O)c1nc(=C2C=CC(C(F)(F)F)=CC2)oc1=C1C=NC2C=CC=CC2=N1. The van der Waals surface area contributed by atoms with Gasteiger partial charge in [-0.25, -0.2) is 0 Å². The van der Waals surface area contributed by atoms with Gasteiger partial charge in [0.05, 0.1) is 0 Å². The van der Waals surface area contributed by atoms with Gasteiger partial charge in [-0.05, 0) is 0 Å². The number of aromatic nitrogens is 1. The maximum absolute atomic E-state index is 13.4. The van der Waals surface area contributed by atoms with Gasteiger partial charge in [0.15, 0.2) is 0 Å². The van der Waals surface area contributed by atoms with Crippen molar-refractivity contribution in [3.05, 3.63) is 101 Å². The normalized spacial score (nSPS) is 20.8. The molecule has 0 spiro atoms. The van der Waals surface area contributed by atoms with Crippen molar-refractivity contribution in [2.75, 3.05) is 4.61 Å². The minimum atomic E-state index is -4.50. The number of ether oxygens (including phenoxy) is 1. The third kappa shape index (κ3) is 6.79. The zero-order valence-corrected chi connectivity index (χ0v) is 23.3. The van der Waals surface area contributed by atoms with Crippen LogP contribution in [-0.4, -0.2) is 48.7 Å². The number of amides is 1. The van der Waals surface area contributed by atoms with E-state index in [0.717, 1.165) is 17.7 Å². The number of hydrogen-bond acceptors (Lipinski definition) is 7. The summed E-state index contributed by atoms with van der Waals surface area (Å²) in [7, 11) is 0. The second-order valence-electron chi connectivity index (χ2n) is 8.79. The van der Waals surface area contributed by atoms with Crippen LogP contribution < -0.4 is 14.5 Å². The number of alkyl halides is 4. The molecule has 0 saturated heterocycles. The van der Waals surface area contributed by atoms with E-state index in [0.29, 0.717) is 11.3 Å². The van der Waals surface area contributed by atoms with E-state index in [2.05, 4.69) is 18.5 Å². The van der Waals surface area contributed by atoms with Gasteiger partial charge in [-0.2, -0.15) is 0 Å². The molecule has 2 aliphatic carbocycles. The summed E-state index contributed by atoms with van der Waals surface area (Å²) in [5, 5.41) is 9.77. The number of fused-ring (bicyclic) bond motifs is 1. The molecular formula is C28H22F3IN4O5. The van der Waals surface area contributed by atoms with Crippen molar-refractivity contribution < 1.29 is 37.0 Å². The van der Waals surface area contributed by atoms with E-state index in [9.17, 15) is 27.9 Å². The van der Waals surface area contributed by atoms with Gasteiger partial charge >= 0.3 is 239 Å². The monoisotopic (exact) mass is 678 g/mol. The molecule has 1 aliphatic heterocycles. The summed E-state index contributed by atoms with van der Waals surface area (Å²) in [4.78, 5) is 38.6. The van der Waals surface area contributed by atoms with E-state index >= 15 is 0 Å². The Hall–Kier alpha value is -4.11. The van der Waals surface area contributed by atoms with Crippen LogP contribution in [0.4, 0.5) is 18.0 Å². The Kier molecular flexibility index (Phi) is 8.44. The summed E-state index contributed by atoms with van der Waals surface area (Å²) in [6, 6.07) is 8.85. The summed E-state index contributed by atoms with van der Waals surface area (Å²) >= 11 is -3.27. The first-order valence-electron chi connectivity index (χ1n) is 12.2. The van der Waals surface area contributed by atoms with E-state index in [1.165, 1.54) is 12.3 Å². The predicted molar refractivity (Wildman–Crippen MR) is 154 cm³/mol. The quantitative estimate of drug-likeness (QED) is 0.194. The van der Waals surface area contributed by atoms with Gasteiger partial charge in [0.2, 0.25) is 0 Å². The Morgan fingerprint density at radius 3 is 2.66 bits per heavy atom. The summed E-state index contributed by atoms with van der Waals surface area (Å²) in [6.45, 7) is 0.171. The number of halogens is 4. The molecule has 2 heterocycles. The Bertz CT molecular complexity index is 1670. The fraction of sp³-hybridized carbons (Fsp3) is 0.179. The van der Waals surface area contributed by atoms with Crippen molar-refractivity contribution in [3.8, 4) is 0 Å². The number of carbonyl (C=O) groups is 2. The second-order valence-corrected chi connectivity index (χ2v) is 12.9. The molecule has 3 aliphatic rings. The second kappa shape index (κ2) is 12.2. The first kappa shape index (κ1) is 28.4. The van der Waals surface area contributed by atoms with Crippen molar-refractivity contribution in [1.82, 2.24) is 8.51 Å². The maximum atomic E-state index is 13.4. The average molecular weight is 678 g/mol. The van der Waals surface area contributed by atoms with Crippen LogP contribution in [0.5, 0.6) is 0 Å². The number of nitrogens with zero attached hydrogens (tertiary/aromatic N) is 3. The number of benzene rings is 1. The van der Waals surface area contributed by atoms with Crippen molar-refractivity contribution in [2.24, 2.45) is 9.98 Å². The van der Waals surface area contributed by atoms with Gasteiger partial charge in [0.25, 0.3) is 0 Å². The molecule has 13 heteroatoms. The molecule has 0 saturated carbocycles. The van der Waals surface area contributed by atoms with Crippen LogP contribution in [0.25, 0.3) is 11.3 Å². The molecule has 2 aromatic rings. The third-order valence-electron chi connectivity index (χ3n) is 5.96. The van der Waals surface area contributed by atoms with Crippen LogP contribution in [-0.2, 0) is 11.3 Å². The minimum absolute atomic E-state index is 0.0759. The fourth-order valence-electron chi connectivity index (χ4n) is 3.95. The molecule has 9 nitrogen and oxygen atoms in total. The summed E-state index contributed by atoms with van der Waals surface area (Å²) in [5.41, 5.74) is 0.690. The van der Waals surface area contributed by atoms with Crippen molar-refractivity contribution in [2.45, 2.75) is 25.2 Å². The zero-order chi connectivity index (χ0) is 29.0. The summed E-state index contributed by atoms with van der Waals surface area (Å²) in [6.07, 6.45) is 7.08. The number of allylic oxidation sites excluding steroid dienone is 6. The van der Waals surface area contributed by atoms with E-state index < -0.39 is 41.7 Å². The number of oxazole rings is 1. The predicted octanol–water partition coefficient (Wildman–Crippen LogP) is 4.41. The Morgan fingerprint density at radius 2 is 1.95 bits per heavy atom. The molecular weight excluding hydrogens is 656 g/mol. The van der Waals surface area contributed by atoms with Crippen LogP contribution in [0.1, 0.15) is 22.5 Å². The van der Waals surface area contributed by atoms with E-state index in [1.54, 1.807) is 12.2 Å². The van der Waals surface area contributed by atoms with E-state index in [1.807, 2.05) is 42.5 Å². The number of carboxylic acid groups (broad SMARTS) is 1. The topological polar surface area (TPSA) is 126 Å². The molecule has 2 N–H and O–H groups in total. The Labute approximate surface area is 238 Å². The molecule has 1 atom stereocenters. The average Bonchev–Trinajstić information content (AvgIpc) is 3.42. The standard InChI is InChI=1S/C28H22F3IN4O5/c29-28(30,31)19-12-10-18(11-13-19)26-35-23(24(41-26)22-14-33-20-8-4-5-9-21(20)34-22)25(37)36-32(27(38)39)16-40-15-17-6-2-1-3-7-17/h1-10,12-14,20H,11,15-16H2,(H,36,37)(H,38,39). The van der Waals surface area contributed by atoms with Crippen LogP contribution in [0.3, 0.4) is 0 Å². The molecule has 1 amide bonds. The molecule has 1 unspecified atom stereocenters. The van der Waals surface area contributed by atoms with Gasteiger partial charge in [-0.3, -0.25) is 0 Å². The van der Waals surface area contributed by atoms with Crippen LogP contribution >= 0.6 is 20.1 Å². The molecule has 1 aromatic carbocycles. The van der Waals surface area contributed by atoms with Crippen LogP contribution in [0.15, 0.2) is 92.8 Å². The summed E-state index contributed by atoms with van der Waals surface area (Å²) < 4.78 is 51.9. The molecule has 0 radical (unpaired) electrons. The van der Waals surface area contributed by atoms with E-state index in [4.69, 9.17) is 9.15 Å². The van der Waals surface area contributed by atoms with Crippen molar-refractivity contribution >= 4 is 53.2 Å². The fourth-order valence-corrected chi connectivity index (χ4v) is 6.11. The van der Waals surface area contributed by atoms with Crippen molar-refractivity contribution in [1.29, 1.82) is 0 Å². The Balaban J connectivity index is 1.47. The first-order valence-corrected chi connectivity index (χ1v) is 15.8. The zero-order valence-electron chi connectivity index (χ0n) is 21.1. The van der Waals surface area contributed by atoms with Gasteiger partial charge in [-0.15, -0.1) is 0 Å². The molecule has 0 bridgehead atoms.